The average molecular weight is 472 g/mol. The zero-order chi connectivity index (χ0) is 16.5. The number of ether oxygens (including phenoxy) is 1. The summed E-state index contributed by atoms with van der Waals surface area (Å²) in [6, 6.07) is 3.65. The maximum Gasteiger partial charge on any atom is 0.215 e. The summed E-state index contributed by atoms with van der Waals surface area (Å²) in [6.07, 6.45) is 1.60. The van der Waals surface area contributed by atoms with Crippen LogP contribution in [-0.2, 0) is 21.3 Å². The van der Waals surface area contributed by atoms with Gasteiger partial charge in [0.15, 0.2) is 5.96 Å². The maximum absolute atomic E-state index is 12.2. The Kier molecular flexibility index (Phi) is 9.63. The molecule has 2 rings (SSSR count). The van der Waals surface area contributed by atoms with E-state index < -0.39 is 10.0 Å². The molecule has 0 aromatic carbocycles. The van der Waals surface area contributed by atoms with E-state index in [1.54, 1.807) is 12.3 Å². The quantitative estimate of drug-likeness (QED) is 0.343. The predicted octanol–water partition coefficient (Wildman–Crippen LogP) is 0.615. The Labute approximate surface area is 160 Å². The van der Waals surface area contributed by atoms with Crippen LogP contribution in [0.3, 0.4) is 0 Å². The van der Waals surface area contributed by atoms with Crippen LogP contribution >= 0.6 is 24.0 Å². The maximum atomic E-state index is 12.2. The van der Waals surface area contributed by atoms with E-state index in [0.717, 1.165) is 5.76 Å². The summed E-state index contributed by atoms with van der Waals surface area (Å²) in [5, 5.41) is 6.12. The van der Waals surface area contributed by atoms with Crippen LogP contribution < -0.4 is 10.6 Å². The number of hydrogen-bond acceptors (Lipinski definition) is 5. The topological polar surface area (TPSA) is 96.2 Å². The minimum absolute atomic E-state index is 0. The lowest BCUT2D eigenvalue weighted by molar-refractivity contribution is 0.0730. The molecule has 0 radical (unpaired) electrons. The second-order valence-corrected chi connectivity index (χ2v) is 7.12. The van der Waals surface area contributed by atoms with E-state index in [9.17, 15) is 8.42 Å². The van der Waals surface area contributed by atoms with Crippen LogP contribution in [0, 0.1) is 0 Å². The van der Waals surface area contributed by atoms with Gasteiger partial charge < -0.3 is 19.8 Å². The number of morpholine rings is 1. The molecule has 2 N–H and O–H groups in total. The molecule has 1 aromatic rings. The number of halogens is 1. The van der Waals surface area contributed by atoms with Gasteiger partial charge in [0.1, 0.15) is 12.3 Å². The molecule has 10 heteroatoms. The van der Waals surface area contributed by atoms with Gasteiger partial charge in [0.25, 0.3) is 0 Å². The van der Waals surface area contributed by atoms with E-state index in [4.69, 9.17) is 9.15 Å². The van der Waals surface area contributed by atoms with Crippen LogP contribution in [0.2, 0.25) is 0 Å². The molecule has 1 fully saturated rings. The first kappa shape index (κ1) is 21.2. The Morgan fingerprint density at radius 2 is 2.08 bits per heavy atom. The molecule has 1 aliphatic heterocycles. The Bertz CT molecular complexity index is 586. The van der Waals surface area contributed by atoms with Gasteiger partial charge in [-0.15, -0.1) is 24.0 Å². The highest BCUT2D eigenvalue weighted by Gasteiger charge is 2.23. The van der Waals surface area contributed by atoms with E-state index in [1.807, 2.05) is 13.0 Å². The van der Waals surface area contributed by atoms with E-state index >= 15 is 0 Å². The molecule has 1 saturated heterocycles. The summed E-state index contributed by atoms with van der Waals surface area (Å²) in [4.78, 5) is 4.36. The van der Waals surface area contributed by atoms with Crippen LogP contribution in [0.4, 0.5) is 0 Å². The molecule has 0 unspecified atom stereocenters. The fourth-order valence-corrected chi connectivity index (χ4v) is 3.48. The summed E-state index contributed by atoms with van der Waals surface area (Å²) in [5.74, 6) is 1.35. The average Bonchev–Trinajstić information content (AvgIpc) is 3.07. The molecule has 8 nitrogen and oxygen atoms in total. The van der Waals surface area contributed by atoms with Gasteiger partial charge in [0.05, 0.1) is 25.2 Å². The van der Waals surface area contributed by atoms with Crippen LogP contribution in [0.25, 0.3) is 0 Å². The number of sulfonamides is 1. The van der Waals surface area contributed by atoms with Crippen LogP contribution in [0.5, 0.6) is 0 Å². The molecule has 0 spiro atoms. The summed E-state index contributed by atoms with van der Waals surface area (Å²) in [7, 11) is -3.26. The van der Waals surface area contributed by atoms with Crippen LogP contribution in [-0.4, -0.2) is 63.8 Å². The molecular formula is C14H25IN4O4S. The first-order valence-electron chi connectivity index (χ1n) is 7.72. The van der Waals surface area contributed by atoms with Crippen molar-refractivity contribution in [3.05, 3.63) is 24.2 Å². The largest absolute Gasteiger partial charge is 0.467 e. The minimum Gasteiger partial charge on any atom is -0.467 e. The lowest BCUT2D eigenvalue weighted by Gasteiger charge is -2.26. The zero-order valence-corrected chi connectivity index (χ0v) is 16.9. The molecule has 0 atom stereocenters. The molecule has 24 heavy (non-hydrogen) atoms. The third kappa shape index (κ3) is 6.95. The number of aliphatic imine (C=N–C) groups is 1. The molecule has 0 saturated carbocycles. The fraction of sp³-hybridized carbons (Fsp3) is 0.643. The summed E-state index contributed by atoms with van der Waals surface area (Å²) in [6.45, 7) is 5.11. The van der Waals surface area contributed by atoms with Crippen molar-refractivity contribution in [2.45, 2.75) is 13.5 Å². The Balaban J connectivity index is 0.00000288. The van der Waals surface area contributed by atoms with Gasteiger partial charge in [-0.2, -0.15) is 4.31 Å². The highest BCUT2D eigenvalue weighted by atomic mass is 127. The fourth-order valence-electron chi connectivity index (χ4n) is 2.15. The first-order chi connectivity index (χ1) is 11.1. The lowest BCUT2D eigenvalue weighted by atomic mass is 10.4. The standard InChI is InChI=1S/C14H24N4O4S.HI/c1-2-15-14(17-12-13-4-3-8-22-13)16-5-11-23(19,20)18-6-9-21-10-7-18;/h3-4,8H,2,5-7,9-12H2,1H3,(H2,15,16,17);1H. The molecule has 138 valence electrons. The monoisotopic (exact) mass is 472 g/mol. The van der Waals surface area contributed by atoms with Crippen molar-refractivity contribution in [2.24, 2.45) is 4.99 Å². The van der Waals surface area contributed by atoms with Gasteiger partial charge in [-0.3, -0.25) is 0 Å². The van der Waals surface area contributed by atoms with Gasteiger partial charge >= 0.3 is 0 Å². The number of nitrogens with one attached hydrogen (secondary N) is 2. The summed E-state index contributed by atoms with van der Waals surface area (Å²) < 4.78 is 36.3. The molecular weight excluding hydrogens is 447 g/mol. The van der Waals surface area contributed by atoms with E-state index in [2.05, 4.69) is 15.6 Å². The smallest absolute Gasteiger partial charge is 0.215 e. The molecule has 1 aliphatic rings. The van der Waals surface area contributed by atoms with E-state index in [-0.39, 0.29) is 29.7 Å². The SMILES string of the molecule is CCNC(=NCc1ccco1)NCCS(=O)(=O)N1CCOCC1.I. The number of furan rings is 1. The molecule has 2 heterocycles. The van der Waals surface area contributed by atoms with Gasteiger partial charge in [0, 0.05) is 26.2 Å². The number of rotatable bonds is 7. The second-order valence-electron chi connectivity index (χ2n) is 5.03. The number of nitrogens with zero attached hydrogens (tertiary/aromatic N) is 2. The van der Waals surface area contributed by atoms with Crippen molar-refractivity contribution < 1.29 is 17.6 Å². The summed E-state index contributed by atoms with van der Waals surface area (Å²) in [5.41, 5.74) is 0. The highest BCUT2D eigenvalue weighted by Crippen LogP contribution is 2.05. The number of guanidine groups is 1. The minimum atomic E-state index is -3.26. The van der Waals surface area contributed by atoms with Crippen molar-refractivity contribution >= 4 is 40.0 Å². The van der Waals surface area contributed by atoms with Gasteiger partial charge in [-0.05, 0) is 19.1 Å². The molecule has 0 amide bonds. The van der Waals surface area contributed by atoms with E-state index in [0.29, 0.717) is 51.9 Å². The van der Waals surface area contributed by atoms with Crippen molar-refractivity contribution in [3.8, 4) is 0 Å². The summed E-state index contributed by atoms with van der Waals surface area (Å²) >= 11 is 0. The van der Waals surface area contributed by atoms with Gasteiger partial charge in [-0.1, -0.05) is 0 Å². The van der Waals surface area contributed by atoms with Crippen molar-refractivity contribution in [1.82, 2.24) is 14.9 Å². The molecule has 0 aliphatic carbocycles. The normalized spacial score (nSPS) is 16.5. The predicted molar refractivity (Wildman–Crippen MR) is 103 cm³/mol. The third-order valence-corrected chi connectivity index (χ3v) is 5.21. The highest BCUT2D eigenvalue weighted by molar-refractivity contribution is 14.0. The Hall–Kier alpha value is -0.850. The van der Waals surface area contributed by atoms with Crippen molar-refractivity contribution in [2.75, 3.05) is 45.1 Å². The Morgan fingerprint density at radius 1 is 1.33 bits per heavy atom. The Morgan fingerprint density at radius 3 is 2.71 bits per heavy atom. The lowest BCUT2D eigenvalue weighted by Crippen LogP contribution is -2.45. The van der Waals surface area contributed by atoms with Gasteiger partial charge in [0.2, 0.25) is 10.0 Å². The zero-order valence-electron chi connectivity index (χ0n) is 13.7. The van der Waals surface area contributed by atoms with E-state index in [1.165, 1.54) is 4.31 Å². The number of hydrogen-bond donors (Lipinski definition) is 2. The van der Waals surface area contributed by atoms with Crippen LogP contribution in [0.15, 0.2) is 27.8 Å². The van der Waals surface area contributed by atoms with Gasteiger partial charge in [-0.25, -0.2) is 13.4 Å². The first-order valence-corrected chi connectivity index (χ1v) is 9.33. The molecule has 0 bridgehead atoms. The van der Waals surface area contributed by atoms with Crippen LogP contribution in [0.1, 0.15) is 12.7 Å². The van der Waals surface area contributed by atoms with Crippen molar-refractivity contribution in [3.63, 3.8) is 0 Å². The molecule has 1 aromatic heterocycles. The van der Waals surface area contributed by atoms with Crippen molar-refractivity contribution in [1.29, 1.82) is 0 Å². The second kappa shape index (κ2) is 10.9. The third-order valence-electron chi connectivity index (χ3n) is 3.33.